The Bertz CT molecular complexity index is 402. The van der Waals surface area contributed by atoms with Crippen LogP contribution < -0.4 is 0 Å². The molecule has 88 valence electrons. The zero-order chi connectivity index (χ0) is 12.3. The number of allylic oxidation sites excluding steroid dienone is 4. The van der Waals surface area contributed by atoms with Crippen LogP contribution in [0.3, 0.4) is 0 Å². The van der Waals surface area contributed by atoms with Crippen molar-refractivity contribution in [1.82, 2.24) is 0 Å². The van der Waals surface area contributed by atoms with Gasteiger partial charge in [0.15, 0.2) is 0 Å². The van der Waals surface area contributed by atoms with Crippen LogP contribution in [-0.2, 0) is 0 Å². The van der Waals surface area contributed by atoms with Crippen molar-refractivity contribution >= 4 is 92.8 Å². The molecule has 3 aliphatic rings. The summed E-state index contributed by atoms with van der Waals surface area (Å²) in [6.45, 7) is 0. The van der Waals surface area contributed by atoms with E-state index >= 15 is 0 Å². The van der Waals surface area contributed by atoms with Gasteiger partial charge in [0.25, 0.3) is 0 Å². The highest BCUT2D eigenvalue weighted by Crippen LogP contribution is 2.90. The fourth-order valence-corrected chi connectivity index (χ4v) is 7.32. The van der Waals surface area contributed by atoms with Crippen LogP contribution >= 0.6 is 92.8 Å². The van der Waals surface area contributed by atoms with Gasteiger partial charge in [-0.05, 0) is 0 Å². The Hall–Kier alpha value is 1.80. The molecule has 0 amide bonds. The predicted molar refractivity (Wildman–Crippen MR) is 71.8 cm³/mol. The van der Waals surface area contributed by atoms with E-state index in [0.717, 1.165) is 0 Å². The fraction of sp³-hybridized carbons (Fsp3) is 0.500. The molecule has 0 nitrogen and oxygen atoms in total. The van der Waals surface area contributed by atoms with Crippen molar-refractivity contribution in [2.24, 2.45) is 0 Å². The minimum absolute atomic E-state index is 0.166. The highest BCUT2D eigenvalue weighted by molar-refractivity contribution is 6.71. The van der Waals surface area contributed by atoms with Crippen molar-refractivity contribution in [3.8, 4) is 0 Å². The van der Waals surface area contributed by atoms with Gasteiger partial charge in [-0.2, -0.15) is 0 Å². The quantitative estimate of drug-likeness (QED) is 0.500. The molecule has 1 saturated carbocycles. The normalized spacial score (nSPS) is 58.5. The van der Waals surface area contributed by atoms with Gasteiger partial charge in [0.2, 0.25) is 0 Å². The van der Waals surface area contributed by atoms with Crippen LogP contribution in [0.5, 0.6) is 0 Å². The van der Waals surface area contributed by atoms with E-state index < -0.39 is 19.5 Å². The van der Waals surface area contributed by atoms with E-state index in [4.69, 9.17) is 92.8 Å². The summed E-state index contributed by atoms with van der Waals surface area (Å²) in [6, 6.07) is 0. The van der Waals surface area contributed by atoms with Gasteiger partial charge in [0.1, 0.15) is 19.5 Å². The number of rotatable bonds is 0. The van der Waals surface area contributed by atoms with E-state index in [1.165, 1.54) is 0 Å². The third-order valence-electron chi connectivity index (χ3n) is 3.49. The third kappa shape index (κ3) is 0.710. The summed E-state index contributed by atoms with van der Waals surface area (Å²) in [4.78, 5) is -5.17. The van der Waals surface area contributed by atoms with Crippen LogP contribution in [0, 0.1) is 0 Å². The molecule has 0 aromatic heterocycles. The molecule has 0 radical (unpaired) electrons. The second kappa shape index (κ2) is 2.94. The average molecular weight is 380 g/mol. The van der Waals surface area contributed by atoms with Crippen LogP contribution in [0.15, 0.2) is 20.1 Å². The van der Waals surface area contributed by atoms with E-state index in [2.05, 4.69) is 0 Å². The summed E-state index contributed by atoms with van der Waals surface area (Å²) >= 11 is 49.1. The first-order chi connectivity index (χ1) is 7.13. The Morgan fingerprint density at radius 3 is 0.688 bits per heavy atom. The van der Waals surface area contributed by atoms with Gasteiger partial charge in [0, 0.05) is 0 Å². The zero-order valence-electron chi connectivity index (χ0n) is 7.02. The lowest BCUT2D eigenvalue weighted by Gasteiger charge is -2.80. The monoisotopic (exact) mass is 376 g/mol. The second-order valence-electron chi connectivity index (χ2n) is 3.89. The Balaban J connectivity index is 2.32. The summed E-state index contributed by atoms with van der Waals surface area (Å²) in [7, 11) is 0. The minimum atomic E-state index is -1.29. The first kappa shape index (κ1) is 12.8. The van der Waals surface area contributed by atoms with E-state index in [1.807, 2.05) is 0 Å². The van der Waals surface area contributed by atoms with Gasteiger partial charge in [-0.1, -0.05) is 46.4 Å². The largest absolute Gasteiger partial charge is 0.134 e. The summed E-state index contributed by atoms with van der Waals surface area (Å²) in [5.41, 5.74) is 0. The lowest BCUT2D eigenvalue weighted by Crippen LogP contribution is -2.95. The molecule has 0 N–H and O–H groups in total. The molecule has 0 aromatic carbocycles. The maximum absolute atomic E-state index is 6.32. The highest BCUT2D eigenvalue weighted by atomic mass is 35.5. The maximum atomic E-state index is 6.32. The van der Waals surface area contributed by atoms with E-state index in [0.29, 0.717) is 0 Å². The molecular formula is C8Cl8. The fourth-order valence-electron chi connectivity index (χ4n) is 2.58. The topological polar surface area (TPSA) is 0 Å². The molecule has 0 saturated heterocycles. The highest BCUT2D eigenvalue weighted by Gasteiger charge is 2.99. The van der Waals surface area contributed by atoms with Gasteiger partial charge in [-0.3, -0.25) is 0 Å². The number of alkyl halides is 4. The molecule has 3 rings (SSSR count). The van der Waals surface area contributed by atoms with Gasteiger partial charge in [-0.15, -0.1) is 46.4 Å². The lowest BCUT2D eigenvalue weighted by molar-refractivity contribution is 0.154. The standard InChI is InChI=1S/C8Cl8/c9-1-2(10)6(14)5(1,13)7(15)3(11)4(12)8(6,7)16. The first-order valence-corrected chi connectivity index (χ1v) is 7.04. The Morgan fingerprint density at radius 1 is 0.438 bits per heavy atom. The molecular weight excluding hydrogens is 380 g/mol. The first-order valence-electron chi connectivity index (χ1n) is 4.01. The molecule has 0 unspecified atom stereocenters. The molecule has 0 atom stereocenters. The van der Waals surface area contributed by atoms with Gasteiger partial charge in [-0.25, -0.2) is 0 Å². The summed E-state index contributed by atoms with van der Waals surface area (Å²) in [6.07, 6.45) is 0. The van der Waals surface area contributed by atoms with Crippen molar-refractivity contribution in [3.63, 3.8) is 0 Å². The zero-order valence-corrected chi connectivity index (χ0v) is 13.1. The van der Waals surface area contributed by atoms with Crippen molar-refractivity contribution < 1.29 is 0 Å². The molecule has 3 aliphatic carbocycles. The van der Waals surface area contributed by atoms with Crippen LogP contribution in [0.4, 0.5) is 0 Å². The summed E-state index contributed by atoms with van der Waals surface area (Å²) < 4.78 is 0. The van der Waals surface area contributed by atoms with Crippen LogP contribution in [0.25, 0.3) is 0 Å². The molecule has 0 aromatic rings. The van der Waals surface area contributed by atoms with Crippen LogP contribution in [-0.4, -0.2) is 19.5 Å². The minimum Gasteiger partial charge on any atom is -0.108 e. The van der Waals surface area contributed by atoms with Crippen molar-refractivity contribution in [3.05, 3.63) is 20.1 Å². The average Bonchev–Trinajstić information content (AvgIpc) is 2.30. The van der Waals surface area contributed by atoms with E-state index in [1.54, 1.807) is 0 Å². The molecule has 16 heavy (non-hydrogen) atoms. The van der Waals surface area contributed by atoms with Gasteiger partial charge < -0.3 is 0 Å². The Labute approximate surface area is 131 Å². The van der Waals surface area contributed by atoms with Crippen LogP contribution in [0.2, 0.25) is 0 Å². The number of hydrogen-bond acceptors (Lipinski definition) is 0. The van der Waals surface area contributed by atoms with Crippen LogP contribution in [0.1, 0.15) is 0 Å². The maximum Gasteiger partial charge on any atom is 0.134 e. The Morgan fingerprint density at radius 2 is 0.562 bits per heavy atom. The summed E-state index contributed by atoms with van der Waals surface area (Å²) in [5, 5.41) is 0.665. The van der Waals surface area contributed by atoms with Crippen molar-refractivity contribution in [2.75, 3.05) is 0 Å². The lowest BCUT2D eigenvalue weighted by atomic mass is 9.43. The third-order valence-corrected chi connectivity index (χ3v) is 9.37. The van der Waals surface area contributed by atoms with Crippen molar-refractivity contribution in [2.45, 2.75) is 19.5 Å². The number of halogens is 8. The Kier molecular flexibility index (Phi) is 2.35. The van der Waals surface area contributed by atoms with Gasteiger partial charge in [0.05, 0.1) is 20.1 Å². The second-order valence-corrected chi connectivity index (χ2v) is 7.67. The molecule has 0 bridgehead atoms. The SMILES string of the molecule is ClC1=C(Cl)C2(Cl)C1(Cl)C1(Cl)C(Cl)=C(Cl)C21Cl. The molecule has 8 heteroatoms. The predicted octanol–water partition coefficient (Wildman–Crippen LogP) is 5.32. The van der Waals surface area contributed by atoms with Gasteiger partial charge >= 0.3 is 0 Å². The number of fused-ring (bicyclic) bond motifs is 4. The van der Waals surface area contributed by atoms with E-state index in [-0.39, 0.29) is 20.1 Å². The smallest absolute Gasteiger partial charge is 0.108 e. The molecule has 0 heterocycles. The van der Waals surface area contributed by atoms with Crippen molar-refractivity contribution in [1.29, 1.82) is 0 Å². The summed E-state index contributed by atoms with van der Waals surface area (Å²) in [5.74, 6) is 0. The van der Waals surface area contributed by atoms with E-state index in [9.17, 15) is 0 Å². The molecule has 0 aliphatic heterocycles. The molecule has 0 spiro atoms. The molecule has 1 fully saturated rings. The number of hydrogen-bond donors (Lipinski definition) is 0.